The third kappa shape index (κ3) is 2.95. The lowest BCUT2D eigenvalue weighted by Gasteiger charge is -2.24. The predicted molar refractivity (Wildman–Crippen MR) is 68.8 cm³/mol. The fourth-order valence-electron chi connectivity index (χ4n) is 2.92. The summed E-state index contributed by atoms with van der Waals surface area (Å²) in [4.78, 5) is 0. The maximum atomic E-state index is 13.2. The fourth-order valence-corrected chi connectivity index (χ4v) is 2.92. The molecule has 1 heterocycles. The minimum atomic E-state index is -0.523. The number of rotatable bonds is 4. The van der Waals surface area contributed by atoms with E-state index in [9.17, 15) is 8.78 Å². The molecule has 0 amide bonds. The SMILES string of the molecule is CC(NC1CCOC1C1CC1)c1cc(F)cc(F)c1. The van der Waals surface area contributed by atoms with Crippen molar-refractivity contribution in [2.45, 2.75) is 44.4 Å². The van der Waals surface area contributed by atoms with Gasteiger partial charge in [-0.15, -0.1) is 0 Å². The monoisotopic (exact) mass is 267 g/mol. The molecule has 2 fully saturated rings. The Morgan fingerprint density at radius 1 is 1.16 bits per heavy atom. The van der Waals surface area contributed by atoms with Gasteiger partial charge < -0.3 is 10.1 Å². The summed E-state index contributed by atoms with van der Waals surface area (Å²) in [5.74, 6) is -0.369. The van der Waals surface area contributed by atoms with Crippen LogP contribution in [0, 0.1) is 17.6 Å². The summed E-state index contributed by atoms with van der Waals surface area (Å²) in [6.07, 6.45) is 3.74. The minimum absolute atomic E-state index is 0.0712. The van der Waals surface area contributed by atoms with Gasteiger partial charge in [0, 0.05) is 24.8 Å². The fraction of sp³-hybridized carbons (Fsp3) is 0.600. The molecule has 3 unspecified atom stereocenters. The molecule has 1 N–H and O–H groups in total. The van der Waals surface area contributed by atoms with E-state index < -0.39 is 11.6 Å². The van der Waals surface area contributed by atoms with Crippen LogP contribution >= 0.6 is 0 Å². The van der Waals surface area contributed by atoms with Crippen molar-refractivity contribution < 1.29 is 13.5 Å². The third-order valence-electron chi connectivity index (χ3n) is 4.07. The molecule has 2 nitrogen and oxygen atoms in total. The zero-order valence-electron chi connectivity index (χ0n) is 11.0. The zero-order chi connectivity index (χ0) is 13.4. The van der Waals surface area contributed by atoms with Crippen LogP contribution in [0.5, 0.6) is 0 Å². The summed E-state index contributed by atoms with van der Waals surface area (Å²) in [5, 5.41) is 3.46. The number of ether oxygens (including phenoxy) is 1. The maximum Gasteiger partial charge on any atom is 0.126 e. The maximum absolute atomic E-state index is 13.2. The molecule has 1 aliphatic carbocycles. The molecule has 0 spiro atoms. The summed E-state index contributed by atoms with van der Waals surface area (Å²) < 4.78 is 32.2. The highest BCUT2D eigenvalue weighted by molar-refractivity contribution is 5.21. The van der Waals surface area contributed by atoms with Crippen molar-refractivity contribution in [3.05, 3.63) is 35.4 Å². The molecule has 0 aromatic heterocycles. The zero-order valence-corrected chi connectivity index (χ0v) is 11.0. The lowest BCUT2D eigenvalue weighted by molar-refractivity contribution is 0.0793. The molecule has 0 radical (unpaired) electrons. The van der Waals surface area contributed by atoms with Gasteiger partial charge in [0.15, 0.2) is 0 Å². The molecule has 104 valence electrons. The normalized spacial score (nSPS) is 28.6. The second-order valence-corrected chi connectivity index (χ2v) is 5.66. The molecule has 1 saturated heterocycles. The second kappa shape index (κ2) is 5.17. The number of nitrogens with one attached hydrogen (secondary N) is 1. The van der Waals surface area contributed by atoms with Gasteiger partial charge in [0.2, 0.25) is 0 Å². The molecule has 1 saturated carbocycles. The summed E-state index contributed by atoms with van der Waals surface area (Å²) >= 11 is 0. The van der Waals surface area contributed by atoms with Gasteiger partial charge in [0.05, 0.1) is 6.10 Å². The van der Waals surface area contributed by atoms with Gasteiger partial charge in [0.1, 0.15) is 11.6 Å². The topological polar surface area (TPSA) is 21.3 Å². The van der Waals surface area contributed by atoms with Crippen molar-refractivity contribution in [1.82, 2.24) is 5.32 Å². The molecule has 4 heteroatoms. The largest absolute Gasteiger partial charge is 0.376 e. The van der Waals surface area contributed by atoms with E-state index >= 15 is 0 Å². The molecule has 1 aliphatic heterocycles. The summed E-state index contributed by atoms with van der Waals surface area (Å²) in [6, 6.07) is 3.92. The van der Waals surface area contributed by atoms with Crippen molar-refractivity contribution in [1.29, 1.82) is 0 Å². The van der Waals surface area contributed by atoms with E-state index in [4.69, 9.17) is 4.74 Å². The second-order valence-electron chi connectivity index (χ2n) is 5.66. The molecular formula is C15H19F2NO. The smallest absolute Gasteiger partial charge is 0.126 e. The summed E-state index contributed by atoms with van der Waals surface area (Å²) in [6.45, 7) is 2.72. The highest BCUT2D eigenvalue weighted by atomic mass is 19.1. The van der Waals surface area contributed by atoms with Crippen molar-refractivity contribution in [2.24, 2.45) is 5.92 Å². The first-order valence-corrected chi connectivity index (χ1v) is 6.97. The van der Waals surface area contributed by atoms with Gasteiger partial charge in [-0.25, -0.2) is 8.78 Å². The number of halogens is 2. The molecule has 3 atom stereocenters. The van der Waals surface area contributed by atoms with E-state index in [1.54, 1.807) is 0 Å². The molecule has 1 aromatic rings. The van der Waals surface area contributed by atoms with Crippen molar-refractivity contribution >= 4 is 0 Å². The van der Waals surface area contributed by atoms with Crippen LogP contribution in [0.25, 0.3) is 0 Å². The van der Waals surface area contributed by atoms with Crippen molar-refractivity contribution in [3.8, 4) is 0 Å². The Balaban J connectivity index is 1.68. The molecule has 19 heavy (non-hydrogen) atoms. The first kappa shape index (κ1) is 13.0. The Morgan fingerprint density at radius 2 is 1.84 bits per heavy atom. The molecular weight excluding hydrogens is 248 g/mol. The van der Waals surface area contributed by atoms with Crippen molar-refractivity contribution in [3.63, 3.8) is 0 Å². The van der Waals surface area contributed by atoms with Crippen LogP contribution in [0.2, 0.25) is 0 Å². The van der Waals surface area contributed by atoms with Crippen LogP contribution in [0.1, 0.15) is 37.8 Å². The van der Waals surface area contributed by atoms with Gasteiger partial charge in [-0.3, -0.25) is 0 Å². The van der Waals surface area contributed by atoms with E-state index in [1.165, 1.54) is 25.0 Å². The lowest BCUT2D eigenvalue weighted by Crippen LogP contribution is -2.39. The van der Waals surface area contributed by atoms with E-state index in [2.05, 4.69) is 5.32 Å². The van der Waals surface area contributed by atoms with E-state index in [0.717, 1.165) is 19.1 Å². The Morgan fingerprint density at radius 3 is 2.47 bits per heavy atom. The van der Waals surface area contributed by atoms with Gasteiger partial charge in [-0.1, -0.05) is 0 Å². The number of hydrogen-bond donors (Lipinski definition) is 1. The number of benzene rings is 1. The lowest BCUT2D eigenvalue weighted by atomic mass is 10.0. The molecule has 2 aliphatic rings. The van der Waals surface area contributed by atoms with Crippen LogP contribution in [-0.2, 0) is 4.74 Å². The van der Waals surface area contributed by atoms with Gasteiger partial charge in [-0.05, 0) is 49.8 Å². The average molecular weight is 267 g/mol. The van der Waals surface area contributed by atoms with Gasteiger partial charge >= 0.3 is 0 Å². The molecule has 3 rings (SSSR count). The van der Waals surface area contributed by atoms with E-state index in [0.29, 0.717) is 17.5 Å². The first-order valence-electron chi connectivity index (χ1n) is 6.97. The Labute approximate surface area is 112 Å². The summed E-state index contributed by atoms with van der Waals surface area (Å²) in [5.41, 5.74) is 0.652. The van der Waals surface area contributed by atoms with Crippen LogP contribution in [-0.4, -0.2) is 18.8 Å². The predicted octanol–water partition coefficient (Wildman–Crippen LogP) is 3.18. The average Bonchev–Trinajstić information content (AvgIpc) is 3.09. The Hall–Kier alpha value is -1.00. The van der Waals surface area contributed by atoms with Gasteiger partial charge in [-0.2, -0.15) is 0 Å². The van der Waals surface area contributed by atoms with E-state index in [1.807, 2.05) is 6.92 Å². The Bertz CT molecular complexity index is 441. The first-order chi connectivity index (χ1) is 9.13. The highest BCUT2D eigenvalue weighted by Gasteiger charge is 2.40. The number of hydrogen-bond acceptors (Lipinski definition) is 2. The summed E-state index contributed by atoms with van der Waals surface area (Å²) in [7, 11) is 0. The highest BCUT2D eigenvalue weighted by Crippen LogP contribution is 2.39. The van der Waals surface area contributed by atoms with Crippen LogP contribution in [0.4, 0.5) is 8.78 Å². The van der Waals surface area contributed by atoms with Crippen LogP contribution < -0.4 is 5.32 Å². The third-order valence-corrected chi connectivity index (χ3v) is 4.07. The van der Waals surface area contributed by atoms with Crippen molar-refractivity contribution in [2.75, 3.05) is 6.61 Å². The molecule has 1 aromatic carbocycles. The van der Waals surface area contributed by atoms with Crippen LogP contribution in [0.15, 0.2) is 18.2 Å². The standard InChI is InChI=1S/C15H19F2NO/c1-9(11-6-12(16)8-13(17)7-11)18-14-4-5-19-15(14)10-2-3-10/h6-10,14-15,18H,2-5H2,1H3. The van der Waals surface area contributed by atoms with E-state index in [-0.39, 0.29) is 12.1 Å². The Kier molecular flexibility index (Phi) is 3.54. The molecule has 0 bridgehead atoms. The van der Waals surface area contributed by atoms with Gasteiger partial charge in [0.25, 0.3) is 0 Å². The quantitative estimate of drug-likeness (QED) is 0.904. The minimum Gasteiger partial charge on any atom is -0.376 e. The van der Waals surface area contributed by atoms with Crippen LogP contribution in [0.3, 0.4) is 0 Å².